The number of rotatable bonds is 5. The third-order valence-corrected chi connectivity index (χ3v) is 2.63. The first-order chi connectivity index (χ1) is 9.71. The molecule has 106 valence electrons. The molecule has 0 radical (unpaired) electrons. The summed E-state index contributed by atoms with van der Waals surface area (Å²) in [5.74, 6) is 1.25. The van der Waals surface area contributed by atoms with Crippen LogP contribution in [0.1, 0.15) is 11.5 Å². The number of methoxy groups -OCH3 is 1. The molecule has 20 heavy (non-hydrogen) atoms. The Balaban J connectivity index is 1.95. The number of nitrogens with one attached hydrogen (secondary N) is 2. The number of aliphatic hydroxyl groups excluding tert-OH is 1. The fraction of sp³-hybridized carbons (Fsp3) is 0.214. The second-order valence-electron chi connectivity index (χ2n) is 4.08. The van der Waals surface area contributed by atoms with E-state index in [-0.39, 0.29) is 6.61 Å². The van der Waals surface area contributed by atoms with Gasteiger partial charge in [-0.25, -0.2) is 4.79 Å². The molecule has 0 saturated heterocycles. The zero-order valence-electron chi connectivity index (χ0n) is 11.1. The maximum absolute atomic E-state index is 11.1. The molecule has 6 nitrogen and oxygen atoms in total. The highest BCUT2D eigenvalue weighted by molar-refractivity contribution is 5.85. The summed E-state index contributed by atoms with van der Waals surface area (Å²) in [6.45, 7) is 0.375. The van der Waals surface area contributed by atoms with Crippen molar-refractivity contribution in [3.63, 3.8) is 0 Å². The maximum Gasteiger partial charge on any atom is 0.411 e. The molecule has 1 aromatic heterocycles. The van der Waals surface area contributed by atoms with Crippen LogP contribution in [0.15, 0.2) is 40.8 Å². The van der Waals surface area contributed by atoms with Crippen LogP contribution in [0.4, 0.5) is 16.2 Å². The van der Waals surface area contributed by atoms with Gasteiger partial charge in [0.25, 0.3) is 0 Å². The third-order valence-electron chi connectivity index (χ3n) is 2.63. The molecule has 0 fully saturated rings. The summed E-state index contributed by atoms with van der Waals surface area (Å²) in [6.07, 6.45) is -0.513. The lowest BCUT2D eigenvalue weighted by Gasteiger charge is -2.08. The van der Waals surface area contributed by atoms with Gasteiger partial charge in [-0.1, -0.05) is 6.07 Å². The van der Waals surface area contributed by atoms with Gasteiger partial charge in [0.05, 0.1) is 13.7 Å². The average molecular weight is 276 g/mol. The van der Waals surface area contributed by atoms with Gasteiger partial charge in [-0.2, -0.15) is 0 Å². The van der Waals surface area contributed by atoms with E-state index in [0.29, 0.717) is 18.0 Å². The molecule has 0 aliphatic rings. The Hall–Kier alpha value is -2.47. The standard InChI is InChI=1S/C14H16N2O4/c1-19-14(18)16-11-4-2-3-10(7-11)15-8-12-5-6-13(9-17)20-12/h2-7,15,17H,8-9H2,1H3,(H,16,18). The number of amides is 1. The minimum Gasteiger partial charge on any atom is -0.462 e. The Bertz CT molecular complexity index is 580. The van der Waals surface area contributed by atoms with Crippen LogP contribution in [0.5, 0.6) is 0 Å². The summed E-state index contributed by atoms with van der Waals surface area (Å²) < 4.78 is 9.89. The number of anilines is 2. The summed E-state index contributed by atoms with van der Waals surface area (Å²) in [4.78, 5) is 11.1. The lowest BCUT2D eigenvalue weighted by atomic mass is 10.2. The maximum atomic E-state index is 11.1. The number of furan rings is 1. The van der Waals surface area contributed by atoms with Crippen LogP contribution in [-0.4, -0.2) is 18.3 Å². The third kappa shape index (κ3) is 3.76. The normalized spacial score (nSPS) is 10.1. The summed E-state index contributed by atoms with van der Waals surface area (Å²) in [6, 6.07) is 10.8. The van der Waals surface area contributed by atoms with Gasteiger partial charge in [-0.15, -0.1) is 0 Å². The van der Waals surface area contributed by atoms with Gasteiger partial charge in [0.15, 0.2) is 0 Å². The number of benzene rings is 1. The number of carbonyl (C=O) groups is 1. The van der Waals surface area contributed by atoms with Crippen molar-refractivity contribution in [1.82, 2.24) is 0 Å². The summed E-state index contributed by atoms with van der Waals surface area (Å²) >= 11 is 0. The van der Waals surface area contributed by atoms with E-state index in [1.807, 2.05) is 12.1 Å². The fourth-order valence-electron chi connectivity index (χ4n) is 1.67. The summed E-state index contributed by atoms with van der Waals surface area (Å²) in [5.41, 5.74) is 1.47. The van der Waals surface area contributed by atoms with E-state index in [4.69, 9.17) is 9.52 Å². The Labute approximate surface area is 116 Å². The van der Waals surface area contributed by atoms with Gasteiger partial charge >= 0.3 is 6.09 Å². The molecule has 6 heteroatoms. The minimum absolute atomic E-state index is 0.113. The molecule has 0 saturated carbocycles. The lowest BCUT2D eigenvalue weighted by Crippen LogP contribution is -2.11. The van der Waals surface area contributed by atoms with Crippen LogP contribution < -0.4 is 10.6 Å². The van der Waals surface area contributed by atoms with Crippen molar-refractivity contribution in [3.8, 4) is 0 Å². The molecule has 0 aliphatic carbocycles. The molecular weight excluding hydrogens is 260 g/mol. The minimum atomic E-state index is -0.513. The molecule has 0 bridgehead atoms. The van der Waals surface area contributed by atoms with E-state index < -0.39 is 6.09 Å². The molecule has 1 heterocycles. The largest absolute Gasteiger partial charge is 0.462 e. The van der Waals surface area contributed by atoms with Crippen LogP contribution in [0.2, 0.25) is 0 Å². The second kappa shape index (κ2) is 6.63. The van der Waals surface area contributed by atoms with Crippen LogP contribution in [0, 0.1) is 0 Å². The SMILES string of the molecule is COC(=O)Nc1cccc(NCc2ccc(CO)o2)c1. The van der Waals surface area contributed by atoms with Crippen molar-refractivity contribution >= 4 is 17.5 Å². The van der Waals surface area contributed by atoms with Gasteiger partial charge in [-0.3, -0.25) is 5.32 Å². The molecule has 0 aliphatic heterocycles. The van der Waals surface area contributed by atoms with Crippen LogP contribution in [-0.2, 0) is 17.9 Å². The van der Waals surface area contributed by atoms with E-state index in [9.17, 15) is 4.79 Å². The molecule has 0 atom stereocenters. The first-order valence-corrected chi connectivity index (χ1v) is 6.08. The Morgan fingerprint density at radius 1 is 1.25 bits per heavy atom. The Kier molecular flexibility index (Phi) is 4.62. The first-order valence-electron chi connectivity index (χ1n) is 6.08. The lowest BCUT2D eigenvalue weighted by molar-refractivity contribution is 0.187. The van der Waals surface area contributed by atoms with Crippen LogP contribution in [0.3, 0.4) is 0 Å². The number of hydrogen-bond acceptors (Lipinski definition) is 5. The molecule has 0 unspecified atom stereocenters. The van der Waals surface area contributed by atoms with Crippen molar-refractivity contribution in [1.29, 1.82) is 0 Å². The van der Waals surface area contributed by atoms with Gasteiger partial charge in [0.1, 0.15) is 18.1 Å². The van der Waals surface area contributed by atoms with Crippen LogP contribution >= 0.6 is 0 Å². The number of aliphatic hydroxyl groups is 1. The van der Waals surface area contributed by atoms with Crippen molar-refractivity contribution in [3.05, 3.63) is 47.9 Å². The number of carbonyl (C=O) groups excluding carboxylic acids is 1. The highest BCUT2D eigenvalue weighted by atomic mass is 16.5. The van der Waals surface area contributed by atoms with Crippen molar-refractivity contribution < 1.29 is 19.1 Å². The first kappa shape index (κ1) is 14.0. The topological polar surface area (TPSA) is 83.7 Å². The quantitative estimate of drug-likeness (QED) is 0.781. The highest BCUT2D eigenvalue weighted by Gasteiger charge is 2.03. The van der Waals surface area contributed by atoms with Gasteiger partial charge in [0.2, 0.25) is 0 Å². The molecule has 0 spiro atoms. The molecule has 3 N–H and O–H groups in total. The van der Waals surface area contributed by atoms with E-state index in [1.54, 1.807) is 24.3 Å². The fourth-order valence-corrected chi connectivity index (χ4v) is 1.67. The van der Waals surface area contributed by atoms with Gasteiger partial charge in [-0.05, 0) is 30.3 Å². The molecule has 2 aromatic rings. The average Bonchev–Trinajstić information content (AvgIpc) is 2.93. The predicted octanol–water partition coefficient (Wildman–Crippen LogP) is 2.56. The predicted molar refractivity (Wildman–Crippen MR) is 74.4 cm³/mol. The number of ether oxygens (including phenoxy) is 1. The second-order valence-corrected chi connectivity index (χ2v) is 4.08. The van der Waals surface area contributed by atoms with E-state index in [0.717, 1.165) is 11.4 Å². The van der Waals surface area contributed by atoms with Crippen molar-refractivity contribution in [2.45, 2.75) is 13.2 Å². The zero-order valence-corrected chi connectivity index (χ0v) is 11.1. The van der Waals surface area contributed by atoms with Gasteiger partial charge in [0, 0.05) is 11.4 Å². The summed E-state index contributed by atoms with van der Waals surface area (Å²) in [5, 5.41) is 14.7. The van der Waals surface area contributed by atoms with Crippen molar-refractivity contribution in [2.75, 3.05) is 17.7 Å². The van der Waals surface area contributed by atoms with Crippen molar-refractivity contribution in [2.24, 2.45) is 0 Å². The van der Waals surface area contributed by atoms with E-state index in [2.05, 4.69) is 15.4 Å². The smallest absolute Gasteiger partial charge is 0.411 e. The highest BCUT2D eigenvalue weighted by Crippen LogP contribution is 2.17. The molecule has 2 rings (SSSR count). The molecular formula is C14H16N2O4. The molecule has 1 amide bonds. The summed E-state index contributed by atoms with van der Waals surface area (Å²) in [7, 11) is 1.31. The van der Waals surface area contributed by atoms with E-state index in [1.165, 1.54) is 7.11 Å². The van der Waals surface area contributed by atoms with E-state index >= 15 is 0 Å². The Morgan fingerprint density at radius 3 is 2.70 bits per heavy atom. The van der Waals surface area contributed by atoms with Gasteiger partial charge < -0.3 is 19.6 Å². The number of hydrogen-bond donors (Lipinski definition) is 3. The Morgan fingerprint density at radius 2 is 2.00 bits per heavy atom. The zero-order chi connectivity index (χ0) is 14.4. The molecule has 1 aromatic carbocycles. The monoisotopic (exact) mass is 276 g/mol. The van der Waals surface area contributed by atoms with Crippen LogP contribution in [0.25, 0.3) is 0 Å².